The lowest BCUT2D eigenvalue weighted by Gasteiger charge is -2.31. The van der Waals surface area contributed by atoms with Gasteiger partial charge in [0.2, 0.25) is 5.91 Å². The lowest BCUT2D eigenvalue weighted by Crippen LogP contribution is -2.43. The van der Waals surface area contributed by atoms with E-state index >= 15 is 0 Å². The third-order valence-corrected chi connectivity index (χ3v) is 4.72. The summed E-state index contributed by atoms with van der Waals surface area (Å²) in [5.41, 5.74) is 2.85. The van der Waals surface area contributed by atoms with Gasteiger partial charge in [0, 0.05) is 18.7 Å². The Kier molecular flexibility index (Phi) is 5.51. The first kappa shape index (κ1) is 19.6. The first-order chi connectivity index (χ1) is 13.3. The van der Waals surface area contributed by atoms with Crippen LogP contribution in [0.5, 0.6) is 0 Å². The largest absolute Gasteiger partial charge is 0.354 e. The van der Waals surface area contributed by atoms with Crippen molar-refractivity contribution < 1.29 is 9.59 Å². The molecule has 0 saturated carbocycles. The van der Waals surface area contributed by atoms with Crippen molar-refractivity contribution in [3.05, 3.63) is 70.8 Å². The van der Waals surface area contributed by atoms with Gasteiger partial charge < -0.3 is 10.2 Å². The summed E-state index contributed by atoms with van der Waals surface area (Å²) >= 11 is 0. The van der Waals surface area contributed by atoms with Crippen molar-refractivity contribution in [2.75, 3.05) is 13.1 Å². The second-order valence-electron chi connectivity index (χ2n) is 8.34. The van der Waals surface area contributed by atoms with Crippen molar-refractivity contribution >= 4 is 11.8 Å². The first-order valence-electron chi connectivity index (χ1n) is 9.47. The highest BCUT2D eigenvalue weighted by Gasteiger charge is 2.42. The molecule has 0 fully saturated rings. The minimum Gasteiger partial charge on any atom is -0.354 e. The minimum atomic E-state index is -0.603. The third kappa shape index (κ3) is 4.23. The Bertz CT molecular complexity index is 937. The highest BCUT2D eigenvalue weighted by atomic mass is 16.2. The molecule has 1 atom stereocenters. The van der Waals surface area contributed by atoms with Gasteiger partial charge in [-0.15, -0.1) is 0 Å². The lowest BCUT2D eigenvalue weighted by molar-refractivity contribution is -0.125. The van der Waals surface area contributed by atoms with Crippen LogP contribution in [0.25, 0.3) is 0 Å². The highest BCUT2D eigenvalue weighted by molar-refractivity contribution is 6.04. The number of carbonyl (C=O) groups excluding carboxylic acids is 2. The number of rotatable bonds is 5. The number of nitrogens with one attached hydrogen (secondary N) is 1. The monoisotopic (exact) mass is 375 g/mol. The summed E-state index contributed by atoms with van der Waals surface area (Å²) in [6.45, 7) is 7.12. The van der Waals surface area contributed by atoms with Gasteiger partial charge in [-0.2, -0.15) is 5.26 Å². The number of fused-ring (bicyclic) bond motifs is 1. The molecule has 1 aliphatic rings. The molecule has 2 aromatic rings. The zero-order valence-electron chi connectivity index (χ0n) is 16.5. The summed E-state index contributed by atoms with van der Waals surface area (Å²) in [5, 5.41) is 12.0. The topological polar surface area (TPSA) is 73.2 Å². The van der Waals surface area contributed by atoms with Crippen LogP contribution in [0.3, 0.4) is 0 Å². The Balaban J connectivity index is 1.74. The molecular weight excluding hydrogens is 350 g/mol. The zero-order valence-corrected chi connectivity index (χ0v) is 16.5. The Morgan fingerprint density at radius 3 is 2.64 bits per heavy atom. The predicted molar refractivity (Wildman–Crippen MR) is 108 cm³/mol. The molecule has 1 heterocycles. The fraction of sp³-hybridized carbons (Fsp3) is 0.348. The summed E-state index contributed by atoms with van der Waals surface area (Å²) in [7, 11) is 0. The number of nitrogens with zero attached hydrogens (tertiary/aromatic N) is 2. The van der Waals surface area contributed by atoms with E-state index in [1.54, 1.807) is 17.0 Å². The third-order valence-electron chi connectivity index (χ3n) is 4.72. The van der Waals surface area contributed by atoms with Crippen molar-refractivity contribution in [1.82, 2.24) is 10.2 Å². The molecule has 28 heavy (non-hydrogen) atoms. The molecule has 3 rings (SSSR count). The van der Waals surface area contributed by atoms with Crippen LogP contribution >= 0.6 is 0 Å². The van der Waals surface area contributed by atoms with E-state index in [1.807, 2.05) is 36.4 Å². The van der Waals surface area contributed by atoms with Gasteiger partial charge in [-0.25, -0.2) is 0 Å². The molecule has 5 nitrogen and oxygen atoms in total. The number of benzene rings is 2. The first-order valence-corrected chi connectivity index (χ1v) is 9.47. The summed E-state index contributed by atoms with van der Waals surface area (Å²) in [6.07, 6.45) is 0.628. The van der Waals surface area contributed by atoms with Crippen molar-refractivity contribution in [2.24, 2.45) is 5.41 Å². The molecule has 0 bridgehead atoms. The van der Waals surface area contributed by atoms with E-state index in [0.29, 0.717) is 30.6 Å². The van der Waals surface area contributed by atoms with Gasteiger partial charge in [-0.3, -0.25) is 9.59 Å². The Morgan fingerprint density at radius 2 is 1.93 bits per heavy atom. The highest BCUT2D eigenvalue weighted by Crippen LogP contribution is 2.35. The van der Waals surface area contributed by atoms with Crippen LogP contribution in [-0.4, -0.2) is 29.8 Å². The maximum Gasteiger partial charge on any atom is 0.255 e. The fourth-order valence-electron chi connectivity index (χ4n) is 3.55. The van der Waals surface area contributed by atoms with Crippen molar-refractivity contribution in [3.63, 3.8) is 0 Å². The molecule has 0 spiro atoms. The molecule has 5 heteroatoms. The standard InChI is InChI=1S/C23H25N3O2/c1-23(2,3)15-26-20(18-9-4-5-10-19(18)22(26)28)21(27)25-12-11-16-7-6-8-17(13-16)14-24/h4-10,13,20H,11-12,15H2,1-3H3,(H,25,27). The van der Waals surface area contributed by atoms with Gasteiger partial charge in [0.25, 0.3) is 5.91 Å². The predicted octanol–water partition coefficient (Wildman–Crippen LogP) is 3.46. The van der Waals surface area contributed by atoms with E-state index < -0.39 is 6.04 Å². The van der Waals surface area contributed by atoms with E-state index in [4.69, 9.17) is 5.26 Å². The van der Waals surface area contributed by atoms with Crippen molar-refractivity contribution in [2.45, 2.75) is 33.2 Å². The average molecular weight is 375 g/mol. The Hall–Kier alpha value is -3.13. The maximum atomic E-state index is 13.0. The van der Waals surface area contributed by atoms with E-state index in [2.05, 4.69) is 32.2 Å². The van der Waals surface area contributed by atoms with Crippen LogP contribution in [0.1, 0.15) is 53.9 Å². The van der Waals surface area contributed by atoms with E-state index in [9.17, 15) is 9.59 Å². The van der Waals surface area contributed by atoms with E-state index in [-0.39, 0.29) is 17.2 Å². The molecule has 0 aromatic heterocycles. The van der Waals surface area contributed by atoms with Crippen LogP contribution in [-0.2, 0) is 11.2 Å². The maximum absolute atomic E-state index is 13.0. The molecule has 144 valence electrons. The van der Waals surface area contributed by atoms with Crippen LogP contribution < -0.4 is 5.32 Å². The number of nitriles is 1. The molecule has 0 saturated heterocycles. The number of amides is 2. The normalized spacial score (nSPS) is 15.9. The number of hydrogen-bond donors (Lipinski definition) is 1. The van der Waals surface area contributed by atoms with Crippen molar-refractivity contribution in [3.8, 4) is 6.07 Å². The lowest BCUT2D eigenvalue weighted by atomic mass is 9.95. The van der Waals surface area contributed by atoms with Crippen LogP contribution in [0.4, 0.5) is 0 Å². The molecule has 0 aliphatic carbocycles. The SMILES string of the molecule is CC(C)(C)CN1C(=O)c2ccccc2C1C(=O)NCCc1cccc(C#N)c1. The van der Waals surface area contributed by atoms with Gasteiger partial charge in [0.15, 0.2) is 0 Å². The summed E-state index contributed by atoms with van der Waals surface area (Å²) in [4.78, 5) is 27.6. The summed E-state index contributed by atoms with van der Waals surface area (Å²) < 4.78 is 0. The molecule has 1 N–H and O–H groups in total. The Morgan fingerprint density at radius 1 is 1.18 bits per heavy atom. The summed E-state index contributed by atoms with van der Waals surface area (Å²) in [5.74, 6) is -0.258. The van der Waals surface area contributed by atoms with E-state index in [1.165, 1.54) is 0 Å². The minimum absolute atomic E-state index is 0.0904. The molecule has 2 aromatic carbocycles. The fourth-order valence-corrected chi connectivity index (χ4v) is 3.55. The quantitative estimate of drug-likeness (QED) is 0.870. The van der Waals surface area contributed by atoms with Gasteiger partial charge in [0.1, 0.15) is 6.04 Å². The molecular formula is C23H25N3O2. The molecule has 1 aliphatic heterocycles. The van der Waals surface area contributed by atoms with Crippen LogP contribution in [0.2, 0.25) is 0 Å². The van der Waals surface area contributed by atoms with Crippen molar-refractivity contribution in [1.29, 1.82) is 5.26 Å². The van der Waals surface area contributed by atoms with E-state index in [0.717, 1.165) is 11.1 Å². The summed E-state index contributed by atoms with van der Waals surface area (Å²) in [6, 6.07) is 16.2. The second kappa shape index (κ2) is 7.85. The smallest absolute Gasteiger partial charge is 0.255 e. The second-order valence-corrected chi connectivity index (χ2v) is 8.34. The van der Waals surface area contributed by atoms with Gasteiger partial charge >= 0.3 is 0 Å². The number of carbonyl (C=O) groups is 2. The van der Waals surface area contributed by atoms with Gasteiger partial charge in [-0.05, 0) is 41.2 Å². The van der Waals surface area contributed by atoms with Crippen LogP contribution in [0, 0.1) is 16.7 Å². The number of hydrogen-bond acceptors (Lipinski definition) is 3. The van der Waals surface area contributed by atoms with Gasteiger partial charge in [0.05, 0.1) is 11.6 Å². The van der Waals surface area contributed by atoms with Crippen LogP contribution in [0.15, 0.2) is 48.5 Å². The molecule has 0 radical (unpaired) electrons. The average Bonchev–Trinajstić information content (AvgIpc) is 2.92. The Labute approximate surface area is 166 Å². The molecule has 2 amide bonds. The molecule has 1 unspecified atom stereocenters. The zero-order chi connectivity index (χ0) is 20.3. The van der Waals surface area contributed by atoms with Gasteiger partial charge in [-0.1, -0.05) is 51.1 Å².